The maximum absolute atomic E-state index is 13.1. The summed E-state index contributed by atoms with van der Waals surface area (Å²) in [7, 11) is -3.79. The summed E-state index contributed by atoms with van der Waals surface area (Å²) in [6, 6.07) is 5.89. The zero-order valence-electron chi connectivity index (χ0n) is 20.8. The molecule has 2 rings (SSSR count). The molecule has 2 unspecified atom stereocenters. The first-order valence-electron chi connectivity index (χ1n) is 11.4. The molecule has 0 aliphatic rings. The van der Waals surface area contributed by atoms with Gasteiger partial charge in [0.1, 0.15) is 12.2 Å². The number of ether oxygens (including phenoxy) is 1. The average Bonchev–Trinajstić information content (AvgIpc) is 2.78. The molecule has 0 aliphatic heterocycles. The molecule has 1 heterocycles. The van der Waals surface area contributed by atoms with Crippen LogP contribution in [0.3, 0.4) is 0 Å². The van der Waals surface area contributed by atoms with Crippen molar-refractivity contribution < 1.29 is 28.4 Å². The highest BCUT2D eigenvalue weighted by molar-refractivity contribution is 7.69. The lowest BCUT2D eigenvalue weighted by Gasteiger charge is -2.26. The lowest BCUT2D eigenvalue weighted by molar-refractivity contribution is -0.384. The van der Waals surface area contributed by atoms with E-state index < -0.39 is 18.8 Å². The molecular weight excluding hydrogens is 459 g/mol. The predicted octanol–water partition coefficient (Wildman–Crippen LogP) is 5.46. The van der Waals surface area contributed by atoms with Crippen LogP contribution >= 0.6 is 7.94 Å². The summed E-state index contributed by atoms with van der Waals surface area (Å²) < 4.78 is 17.5. The van der Waals surface area contributed by atoms with Crippen LogP contribution in [0.25, 0.3) is 11.1 Å². The number of aryl methyl sites for hydroxylation is 2. The average molecular weight is 494 g/mol. The van der Waals surface area contributed by atoms with Gasteiger partial charge in [-0.3, -0.25) is 15.1 Å². The molecule has 1 aromatic carbocycles. The molecular formula is C24H34N2O7P+. The first-order valence-corrected chi connectivity index (χ1v) is 13.0. The summed E-state index contributed by atoms with van der Waals surface area (Å²) in [5.41, 5.74) is 1.38. The number of carbonyl (C=O) groups excluding carboxylic acids is 1. The summed E-state index contributed by atoms with van der Waals surface area (Å²) in [5.74, 6) is -0.645. The number of hydrogen-bond acceptors (Lipinski definition) is 8. The normalized spacial score (nSPS) is 14.8. The van der Waals surface area contributed by atoms with Gasteiger partial charge in [0, 0.05) is 12.1 Å². The van der Waals surface area contributed by atoms with Gasteiger partial charge in [-0.15, -0.1) is 0 Å². The highest BCUT2D eigenvalue weighted by atomic mass is 31.2. The van der Waals surface area contributed by atoms with Crippen LogP contribution in [0.5, 0.6) is 0 Å². The van der Waals surface area contributed by atoms with E-state index in [0.717, 1.165) is 0 Å². The van der Waals surface area contributed by atoms with Crippen molar-refractivity contribution in [3.63, 3.8) is 0 Å². The maximum atomic E-state index is 13.1. The Kier molecular flexibility index (Phi) is 9.64. The number of nitro benzene ring substituents is 1. The van der Waals surface area contributed by atoms with Crippen molar-refractivity contribution in [1.29, 1.82) is 0 Å². The van der Waals surface area contributed by atoms with Crippen LogP contribution in [0.15, 0.2) is 24.3 Å². The van der Waals surface area contributed by atoms with E-state index in [-0.39, 0.29) is 40.9 Å². The Morgan fingerprint density at radius 3 is 2.21 bits per heavy atom. The van der Waals surface area contributed by atoms with Crippen LogP contribution in [0.1, 0.15) is 69.2 Å². The van der Waals surface area contributed by atoms with Gasteiger partial charge >= 0.3 is 13.9 Å². The number of hydrogen-bond donors (Lipinski definition) is 1. The van der Waals surface area contributed by atoms with Crippen LogP contribution in [0.2, 0.25) is 0 Å². The van der Waals surface area contributed by atoms with Crippen LogP contribution in [0.4, 0.5) is 5.69 Å². The summed E-state index contributed by atoms with van der Waals surface area (Å²) in [4.78, 5) is 40.5. The summed E-state index contributed by atoms with van der Waals surface area (Å²) >= 11 is 0. The second-order valence-electron chi connectivity index (χ2n) is 8.08. The number of non-ortho nitro benzene ring substituents is 1. The van der Waals surface area contributed by atoms with Crippen molar-refractivity contribution in [2.24, 2.45) is 0 Å². The fourth-order valence-electron chi connectivity index (χ4n) is 3.46. The predicted molar refractivity (Wildman–Crippen MR) is 132 cm³/mol. The van der Waals surface area contributed by atoms with Gasteiger partial charge in [0.15, 0.2) is 0 Å². The van der Waals surface area contributed by atoms with E-state index in [4.69, 9.17) is 13.8 Å². The van der Waals surface area contributed by atoms with Crippen molar-refractivity contribution in [2.45, 2.75) is 73.5 Å². The van der Waals surface area contributed by atoms with Gasteiger partial charge < -0.3 is 4.74 Å². The molecule has 0 fully saturated rings. The number of rotatable bonds is 11. The Labute approximate surface area is 201 Å². The van der Waals surface area contributed by atoms with E-state index in [2.05, 4.69) is 4.98 Å². The van der Waals surface area contributed by atoms with E-state index in [1.165, 1.54) is 18.2 Å². The first kappa shape index (κ1) is 27.8. The van der Waals surface area contributed by atoms with E-state index in [9.17, 15) is 19.8 Å². The molecule has 0 spiro atoms. The van der Waals surface area contributed by atoms with Gasteiger partial charge in [-0.25, -0.2) is 4.79 Å². The Bertz CT molecular complexity index is 1030. The fraction of sp³-hybridized carbons (Fsp3) is 0.500. The third-order valence-electron chi connectivity index (χ3n) is 5.43. The largest absolute Gasteiger partial charge is 0.462 e. The summed E-state index contributed by atoms with van der Waals surface area (Å²) in [5, 5.41) is 11.7. The number of nitrogens with zero attached hydrogens (tertiary/aromatic N) is 2. The minimum absolute atomic E-state index is 0.113. The van der Waals surface area contributed by atoms with Crippen LogP contribution in [-0.2, 0) is 13.8 Å². The molecule has 1 aromatic heterocycles. The van der Waals surface area contributed by atoms with E-state index in [0.29, 0.717) is 29.8 Å². The van der Waals surface area contributed by atoms with Gasteiger partial charge in [-0.2, -0.15) is 13.9 Å². The Morgan fingerprint density at radius 1 is 1.12 bits per heavy atom. The number of aromatic nitrogens is 1. The third-order valence-corrected chi connectivity index (χ3v) is 7.83. The Morgan fingerprint density at radius 2 is 1.71 bits per heavy atom. The lowest BCUT2D eigenvalue weighted by atomic mass is 9.97. The molecule has 186 valence electrons. The van der Waals surface area contributed by atoms with E-state index in [1.807, 2.05) is 27.7 Å². The molecule has 2 atom stereocenters. The molecule has 9 nitrogen and oxygen atoms in total. The quantitative estimate of drug-likeness (QED) is 0.190. The number of esters is 1. The van der Waals surface area contributed by atoms with Crippen LogP contribution in [0, 0.1) is 24.0 Å². The minimum atomic E-state index is -3.79. The number of carbonyl (C=O) groups is 1. The molecule has 0 radical (unpaired) electrons. The standard InChI is InChI=1S/C24H34N2O7P/c1-8-15(4)32-34(30,33-16(5)9-2)23-18(7)25-17(6)21(24(27)31-10-3)22(23)19-12-11-13-20(14-19)26(28)29/h11-16,30H,8-10H2,1-7H3/q+1. The fourth-order valence-corrected chi connectivity index (χ4v) is 5.98. The highest BCUT2D eigenvalue weighted by Gasteiger charge is 2.52. The minimum Gasteiger partial charge on any atom is -0.462 e. The number of pyridine rings is 1. The van der Waals surface area contributed by atoms with Gasteiger partial charge in [-0.1, -0.05) is 26.0 Å². The SMILES string of the molecule is CCOC(=O)c1c(C)nc(C)c([P+](O)(OC(C)CC)OC(C)CC)c1-c1cccc([N+](=O)[O-])c1. The lowest BCUT2D eigenvalue weighted by Crippen LogP contribution is -2.30. The molecule has 0 aliphatic carbocycles. The summed E-state index contributed by atoms with van der Waals surface area (Å²) in [6.07, 6.45) is 0.516. The van der Waals surface area contributed by atoms with E-state index in [1.54, 1.807) is 26.8 Å². The van der Waals surface area contributed by atoms with Crippen molar-refractivity contribution in [3.8, 4) is 11.1 Å². The van der Waals surface area contributed by atoms with Gasteiger partial charge in [-0.05, 0) is 53.0 Å². The second kappa shape index (κ2) is 11.8. The maximum Gasteiger partial charge on any atom is 0.449 e. The number of benzene rings is 1. The van der Waals surface area contributed by atoms with E-state index >= 15 is 0 Å². The Balaban J connectivity index is 3.00. The monoisotopic (exact) mass is 493 g/mol. The Hall–Kier alpha value is -2.45. The first-order chi connectivity index (χ1) is 16.0. The van der Waals surface area contributed by atoms with Crippen molar-refractivity contribution in [2.75, 3.05) is 6.61 Å². The molecule has 0 amide bonds. The second-order valence-corrected chi connectivity index (χ2v) is 9.99. The van der Waals surface area contributed by atoms with Gasteiger partial charge in [0.05, 0.1) is 34.0 Å². The highest BCUT2D eigenvalue weighted by Crippen LogP contribution is 2.60. The van der Waals surface area contributed by atoms with Crippen molar-refractivity contribution in [1.82, 2.24) is 4.98 Å². The molecule has 10 heteroatoms. The zero-order chi connectivity index (χ0) is 25.6. The third kappa shape index (κ3) is 6.16. The molecule has 0 saturated carbocycles. The smallest absolute Gasteiger partial charge is 0.449 e. The molecule has 0 bridgehead atoms. The zero-order valence-corrected chi connectivity index (χ0v) is 21.7. The molecule has 2 aromatic rings. The molecule has 1 N–H and O–H groups in total. The topological polar surface area (TPSA) is 121 Å². The van der Waals surface area contributed by atoms with Gasteiger partial charge in [0.25, 0.3) is 5.69 Å². The molecule has 0 saturated heterocycles. The van der Waals surface area contributed by atoms with Crippen molar-refractivity contribution in [3.05, 3.63) is 51.3 Å². The van der Waals surface area contributed by atoms with Gasteiger partial charge in [0.2, 0.25) is 5.30 Å². The molecule has 34 heavy (non-hydrogen) atoms. The van der Waals surface area contributed by atoms with Crippen molar-refractivity contribution >= 4 is 24.9 Å². The van der Waals surface area contributed by atoms with Crippen LogP contribution in [-0.4, -0.2) is 39.6 Å². The number of nitro groups is 1. The summed E-state index contributed by atoms with van der Waals surface area (Å²) in [6.45, 7) is 12.7. The van der Waals surface area contributed by atoms with Crippen LogP contribution < -0.4 is 5.30 Å².